The van der Waals surface area contributed by atoms with E-state index in [1.165, 1.54) is 6.42 Å². The Kier molecular flexibility index (Phi) is 5.17. The Hall–Kier alpha value is -0.900. The number of aliphatic carboxylic acids is 1. The fourth-order valence-electron chi connectivity index (χ4n) is 8.56. The number of carboxylic acids is 1. The maximum Gasteiger partial charge on any atom is 0.303 e. The lowest BCUT2D eigenvalue weighted by atomic mass is 9.43. The van der Waals surface area contributed by atoms with Gasteiger partial charge < -0.3 is 10.2 Å². The maximum absolute atomic E-state index is 13.4. The van der Waals surface area contributed by atoms with Crippen molar-refractivity contribution in [2.75, 3.05) is 0 Å². The van der Waals surface area contributed by atoms with Crippen LogP contribution in [0.4, 0.5) is 0 Å². The molecule has 0 aromatic heterocycles. The van der Waals surface area contributed by atoms with Crippen molar-refractivity contribution in [3.8, 4) is 0 Å². The number of aliphatic hydroxyl groups is 1. The Morgan fingerprint density at radius 2 is 1.75 bits per heavy atom. The van der Waals surface area contributed by atoms with Crippen LogP contribution in [0.1, 0.15) is 85.0 Å². The third-order valence-corrected chi connectivity index (χ3v) is 10.0. The molecule has 0 aliphatic heterocycles. The lowest BCUT2D eigenvalue weighted by molar-refractivity contribution is -0.178. The van der Waals surface area contributed by atoms with Crippen LogP contribution in [0.15, 0.2) is 0 Å². The van der Waals surface area contributed by atoms with Crippen molar-refractivity contribution in [1.82, 2.24) is 0 Å². The summed E-state index contributed by atoms with van der Waals surface area (Å²) in [5, 5.41) is 20.1. The predicted molar refractivity (Wildman–Crippen MR) is 108 cm³/mol. The molecule has 4 aliphatic carbocycles. The van der Waals surface area contributed by atoms with Gasteiger partial charge in [-0.15, -0.1) is 0 Å². The van der Waals surface area contributed by atoms with E-state index < -0.39 is 12.1 Å². The number of carbonyl (C=O) groups excluding carboxylic acids is 1. The molecular formula is C24H38O4. The van der Waals surface area contributed by atoms with Crippen molar-refractivity contribution in [1.29, 1.82) is 0 Å². The summed E-state index contributed by atoms with van der Waals surface area (Å²) in [5.74, 6) is 1.28. The Labute approximate surface area is 169 Å². The molecule has 0 aromatic carbocycles. The van der Waals surface area contributed by atoms with Gasteiger partial charge in [0.25, 0.3) is 0 Å². The molecule has 0 bridgehead atoms. The molecule has 9 atom stereocenters. The fraction of sp³-hybridized carbons (Fsp3) is 0.917. The van der Waals surface area contributed by atoms with Crippen LogP contribution in [-0.2, 0) is 9.59 Å². The molecule has 2 N–H and O–H groups in total. The number of ketones is 1. The molecule has 0 unspecified atom stereocenters. The van der Waals surface area contributed by atoms with Crippen LogP contribution < -0.4 is 0 Å². The van der Waals surface area contributed by atoms with Gasteiger partial charge in [0.15, 0.2) is 5.78 Å². The third kappa shape index (κ3) is 2.88. The Bertz CT molecular complexity index is 645. The molecule has 0 heterocycles. The van der Waals surface area contributed by atoms with Crippen molar-refractivity contribution in [3.05, 3.63) is 0 Å². The monoisotopic (exact) mass is 390 g/mol. The average Bonchev–Trinajstić information content (AvgIpc) is 3.01. The fourth-order valence-corrected chi connectivity index (χ4v) is 8.56. The SMILES string of the molecule is C[C@H](CCC(=O)O)[C@H]1CC[C@H]2[C@@H]3C(=O)[C@H](O)[C@@H]4CCCC[C@]4(C)[C@H]3CC[C@]12C. The number of aliphatic hydroxyl groups excluding tert-OH is 1. The van der Waals surface area contributed by atoms with Gasteiger partial charge in [-0.05, 0) is 85.4 Å². The maximum atomic E-state index is 13.4. The third-order valence-electron chi connectivity index (χ3n) is 10.0. The number of rotatable bonds is 4. The summed E-state index contributed by atoms with van der Waals surface area (Å²) in [5.41, 5.74) is 0.233. The van der Waals surface area contributed by atoms with Crippen LogP contribution in [0.2, 0.25) is 0 Å². The molecular weight excluding hydrogens is 352 g/mol. The minimum atomic E-state index is -0.766. The second kappa shape index (κ2) is 7.11. The zero-order valence-corrected chi connectivity index (χ0v) is 17.8. The summed E-state index contributed by atoms with van der Waals surface area (Å²) >= 11 is 0. The van der Waals surface area contributed by atoms with Crippen molar-refractivity contribution in [3.63, 3.8) is 0 Å². The standard InChI is InChI=1S/C24H38O4/c1-14(7-10-19(25)26)15-8-9-16-20-17(11-13-24(15,16)3)23(2)12-5-4-6-18(23)21(27)22(20)28/h14-18,20-21,27H,4-13H2,1-3H3,(H,25,26)/t14-,15-,16+,17+,18+,20+,21-,23-,24-/m1/s1. The van der Waals surface area contributed by atoms with E-state index in [1.807, 2.05) is 0 Å². The van der Waals surface area contributed by atoms with Crippen LogP contribution in [0, 0.1) is 46.3 Å². The summed E-state index contributed by atoms with van der Waals surface area (Å²) in [6.07, 6.45) is 9.17. The Morgan fingerprint density at radius 3 is 2.46 bits per heavy atom. The van der Waals surface area contributed by atoms with Crippen molar-refractivity contribution in [2.24, 2.45) is 46.3 Å². The van der Waals surface area contributed by atoms with E-state index in [0.29, 0.717) is 23.7 Å². The van der Waals surface area contributed by atoms with Gasteiger partial charge >= 0.3 is 5.97 Å². The number of hydrogen-bond acceptors (Lipinski definition) is 3. The topological polar surface area (TPSA) is 74.6 Å². The first kappa shape index (κ1) is 20.4. The Balaban J connectivity index is 1.60. The first-order valence-corrected chi connectivity index (χ1v) is 11.6. The number of carboxylic acid groups (broad SMARTS) is 1. The average molecular weight is 391 g/mol. The van der Waals surface area contributed by atoms with Gasteiger partial charge in [-0.1, -0.05) is 33.6 Å². The molecule has 28 heavy (non-hydrogen) atoms. The van der Waals surface area contributed by atoms with E-state index >= 15 is 0 Å². The van der Waals surface area contributed by atoms with Gasteiger partial charge in [-0.2, -0.15) is 0 Å². The number of hydrogen-bond donors (Lipinski definition) is 2. The van der Waals surface area contributed by atoms with Gasteiger partial charge in [0.05, 0.1) is 0 Å². The van der Waals surface area contributed by atoms with Crippen LogP contribution in [-0.4, -0.2) is 28.1 Å². The van der Waals surface area contributed by atoms with Gasteiger partial charge in [0, 0.05) is 12.3 Å². The van der Waals surface area contributed by atoms with Crippen molar-refractivity contribution in [2.45, 2.75) is 91.1 Å². The molecule has 0 aromatic rings. The summed E-state index contributed by atoms with van der Waals surface area (Å²) in [4.78, 5) is 24.5. The molecule has 4 saturated carbocycles. The number of fused-ring (bicyclic) bond motifs is 5. The molecule has 4 rings (SSSR count). The molecule has 0 radical (unpaired) electrons. The molecule has 4 fully saturated rings. The normalized spacial score (nSPS) is 49.1. The van der Waals surface area contributed by atoms with E-state index in [1.54, 1.807) is 0 Å². The summed E-state index contributed by atoms with van der Waals surface area (Å²) in [6.45, 7) is 6.95. The number of Topliss-reactive ketones (excluding diaryl/α,β-unsaturated/α-hetero) is 1. The summed E-state index contributed by atoms with van der Waals surface area (Å²) in [7, 11) is 0. The molecule has 4 heteroatoms. The van der Waals surface area contributed by atoms with Crippen LogP contribution in [0.5, 0.6) is 0 Å². The molecule has 0 spiro atoms. The largest absolute Gasteiger partial charge is 0.481 e. The van der Waals surface area contributed by atoms with E-state index in [0.717, 1.165) is 51.4 Å². The highest BCUT2D eigenvalue weighted by Crippen LogP contribution is 2.67. The summed E-state index contributed by atoms with van der Waals surface area (Å²) < 4.78 is 0. The molecule has 4 aliphatic rings. The van der Waals surface area contributed by atoms with E-state index in [-0.39, 0.29) is 34.9 Å². The van der Waals surface area contributed by atoms with Crippen LogP contribution in [0.3, 0.4) is 0 Å². The lowest BCUT2D eigenvalue weighted by Gasteiger charge is -2.61. The zero-order chi connectivity index (χ0) is 20.3. The molecule has 158 valence electrons. The smallest absolute Gasteiger partial charge is 0.303 e. The highest BCUT2D eigenvalue weighted by atomic mass is 16.4. The molecule has 0 saturated heterocycles. The highest BCUT2D eigenvalue weighted by molar-refractivity contribution is 5.87. The zero-order valence-electron chi connectivity index (χ0n) is 17.8. The van der Waals surface area contributed by atoms with E-state index in [2.05, 4.69) is 20.8 Å². The Morgan fingerprint density at radius 1 is 1.04 bits per heavy atom. The van der Waals surface area contributed by atoms with Gasteiger partial charge in [-0.3, -0.25) is 9.59 Å². The van der Waals surface area contributed by atoms with Crippen molar-refractivity contribution >= 4 is 11.8 Å². The number of carbonyl (C=O) groups is 2. The van der Waals surface area contributed by atoms with Crippen LogP contribution in [0.25, 0.3) is 0 Å². The van der Waals surface area contributed by atoms with Crippen LogP contribution >= 0.6 is 0 Å². The second-order valence-corrected chi connectivity index (χ2v) is 11.1. The van der Waals surface area contributed by atoms with E-state index in [9.17, 15) is 14.7 Å². The predicted octanol–water partition coefficient (Wildman–Crippen LogP) is 4.69. The first-order valence-electron chi connectivity index (χ1n) is 11.6. The first-order chi connectivity index (χ1) is 13.2. The van der Waals surface area contributed by atoms with Gasteiger partial charge in [0.2, 0.25) is 0 Å². The molecule has 4 nitrogen and oxygen atoms in total. The minimum Gasteiger partial charge on any atom is -0.481 e. The molecule has 0 amide bonds. The summed E-state index contributed by atoms with van der Waals surface area (Å²) in [6, 6.07) is 0. The van der Waals surface area contributed by atoms with Gasteiger partial charge in [-0.25, -0.2) is 0 Å². The van der Waals surface area contributed by atoms with Crippen molar-refractivity contribution < 1.29 is 19.8 Å². The van der Waals surface area contributed by atoms with E-state index in [4.69, 9.17) is 5.11 Å². The highest BCUT2D eigenvalue weighted by Gasteiger charge is 2.64. The van der Waals surface area contributed by atoms with Gasteiger partial charge in [0.1, 0.15) is 6.10 Å². The quantitative estimate of drug-likeness (QED) is 0.730. The lowest BCUT2D eigenvalue weighted by Crippen LogP contribution is -2.61. The minimum absolute atomic E-state index is 0.0183. The second-order valence-electron chi connectivity index (χ2n) is 11.1.